The van der Waals surface area contributed by atoms with Crippen LogP contribution in [0.15, 0.2) is 24.3 Å². The van der Waals surface area contributed by atoms with Crippen LogP contribution in [0.4, 0.5) is 5.69 Å². The Hall–Kier alpha value is -1.02. The lowest BCUT2D eigenvalue weighted by molar-refractivity contribution is 0.169. The van der Waals surface area contributed by atoms with E-state index < -0.39 is 0 Å². The maximum atomic E-state index is 6.18. The number of nitrogens with zero attached hydrogens (tertiary/aromatic N) is 1. The Labute approximate surface area is 124 Å². The summed E-state index contributed by atoms with van der Waals surface area (Å²) in [6.45, 7) is 9.82. The Morgan fingerprint density at radius 1 is 1.25 bits per heavy atom. The zero-order chi connectivity index (χ0) is 14.6. The molecule has 0 unspecified atom stereocenters. The average Bonchev–Trinajstić information content (AvgIpc) is 2.48. The number of hydrogen-bond donors (Lipinski definition) is 1. The van der Waals surface area contributed by atoms with E-state index >= 15 is 0 Å². The Balaban J connectivity index is 2.14. The van der Waals surface area contributed by atoms with Gasteiger partial charge in [0.1, 0.15) is 0 Å². The minimum atomic E-state index is 0.324. The van der Waals surface area contributed by atoms with E-state index in [4.69, 9.17) is 5.73 Å². The van der Waals surface area contributed by atoms with E-state index in [1.807, 2.05) is 0 Å². The monoisotopic (exact) mass is 274 g/mol. The largest absolute Gasteiger partial charge is 0.371 e. The molecule has 1 aliphatic rings. The van der Waals surface area contributed by atoms with Crippen molar-refractivity contribution in [3.05, 3.63) is 29.8 Å². The van der Waals surface area contributed by atoms with Gasteiger partial charge >= 0.3 is 0 Å². The molecule has 1 aromatic rings. The molecule has 20 heavy (non-hydrogen) atoms. The quantitative estimate of drug-likeness (QED) is 0.880. The molecule has 2 nitrogen and oxygen atoms in total. The summed E-state index contributed by atoms with van der Waals surface area (Å²) >= 11 is 0. The summed E-state index contributed by atoms with van der Waals surface area (Å²) in [5.41, 5.74) is 9.24. The van der Waals surface area contributed by atoms with Gasteiger partial charge in [-0.05, 0) is 50.8 Å². The molecule has 0 radical (unpaired) electrons. The van der Waals surface area contributed by atoms with Crippen molar-refractivity contribution in [2.75, 3.05) is 24.5 Å². The summed E-state index contributed by atoms with van der Waals surface area (Å²) in [4.78, 5) is 2.53. The number of rotatable bonds is 5. The number of hydrogen-bond acceptors (Lipinski definition) is 2. The first kappa shape index (κ1) is 15.4. The van der Waals surface area contributed by atoms with Crippen molar-refractivity contribution in [3.63, 3.8) is 0 Å². The van der Waals surface area contributed by atoms with Crippen molar-refractivity contribution < 1.29 is 0 Å². The molecule has 0 heterocycles. The van der Waals surface area contributed by atoms with E-state index in [0.29, 0.717) is 5.41 Å². The number of anilines is 1. The van der Waals surface area contributed by atoms with Gasteiger partial charge < -0.3 is 10.6 Å². The molecule has 2 heteroatoms. The Bertz CT molecular complexity index is 419. The predicted octanol–water partition coefficient (Wildman–Crippen LogP) is 3.98. The van der Waals surface area contributed by atoms with Gasteiger partial charge in [-0.25, -0.2) is 0 Å². The van der Waals surface area contributed by atoms with Crippen LogP contribution >= 0.6 is 0 Å². The number of aryl methyl sites for hydroxylation is 1. The third-order valence-corrected chi connectivity index (χ3v) is 5.13. The van der Waals surface area contributed by atoms with Gasteiger partial charge in [0.05, 0.1) is 0 Å². The zero-order valence-corrected chi connectivity index (χ0v) is 13.4. The van der Waals surface area contributed by atoms with Crippen LogP contribution in [0.3, 0.4) is 0 Å². The second-order valence-corrected chi connectivity index (χ2v) is 6.69. The summed E-state index contributed by atoms with van der Waals surface area (Å²) in [5, 5.41) is 0. The Kier molecular flexibility index (Phi) is 5.09. The lowest BCUT2D eigenvalue weighted by Crippen LogP contribution is -2.45. The van der Waals surface area contributed by atoms with Crippen molar-refractivity contribution in [3.8, 4) is 0 Å². The maximum Gasteiger partial charge on any atom is 0.0396 e. The fourth-order valence-electron chi connectivity index (χ4n) is 3.49. The summed E-state index contributed by atoms with van der Waals surface area (Å²) < 4.78 is 0. The summed E-state index contributed by atoms with van der Waals surface area (Å²) in [5.74, 6) is 0.878. The molecule has 1 aromatic carbocycles. The van der Waals surface area contributed by atoms with Crippen LogP contribution < -0.4 is 10.6 Å². The lowest BCUT2D eigenvalue weighted by atomic mass is 9.70. The van der Waals surface area contributed by atoms with Crippen molar-refractivity contribution in [1.82, 2.24) is 0 Å². The fourth-order valence-corrected chi connectivity index (χ4v) is 3.49. The minimum absolute atomic E-state index is 0.324. The molecule has 1 aliphatic carbocycles. The van der Waals surface area contributed by atoms with Gasteiger partial charge in [-0.1, -0.05) is 38.0 Å². The fraction of sp³-hybridized carbons (Fsp3) is 0.667. The highest BCUT2D eigenvalue weighted by Crippen LogP contribution is 2.39. The first-order valence-corrected chi connectivity index (χ1v) is 8.11. The zero-order valence-electron chi connectivity index (χ0n) is 13.4. The maximum absolute atomic E-state index is 6.18. The van der Waals surface area contributed by atoms with Crippen LogP contribution in [0.5, 0.6) is 0 Å². The van der Waals surface area contributed by atoms with E-state index in [1.165, 1.54) is 36.9 Å². The van der Waals surface area contributed by atoms with Gasteiger partial charge in [0.25, 0.3) is 0 Å². The van der Waals surface area contributed by atoms with Crippen molar-refractivity contribution >= 4 is 5.69 Å². The van der Waals surface area contributed by atoms with E-state index in [9.17, 15) is 0 Å². The molecule has 0 atom stereocenters. The van der Waals surface area contributed by atoms with E-state index in [-0.39, 0.29) is 0 Å². The van der Waals surface area contributed by atoms with Crippen molar-refractivity contribution in [2.45, 2.75) is 46.5 Å². The third-order valence-electron chi connectivity index (χ3n) is 5.13. The third kappa shape index (κ3) is 3.35. The van der Waals surface area contributed by atoms with Crippen molar-refractivity contribution in [2.24, 2.45) is 17.1 Å². The Morgan fingerprint density at radius 2 is 1.90 bits per heavy atom. The highest BCUT2D eigenvalue weighted by Gasteiger charge is 2.34. The molecule has 0 aromatic heterocycles. The molecule has 0 bridgehead atoms. The molecule has 0 saturated heterocycles. The summed E-state index contributed by atoms with van der Waals surface area (Å²) in [6.07, 6.45) is 5.24. The highest BCUT2D eigenvalue weighted by molar-refractivity contribution is 5.53. The topological polar surface area (TPSA) is 29.3 Å². The first-order valence-electron chi connectivity index (χ1n) is 8.11. The number of para-hydroxylation sites is 1. The standard InChI is InChI=1S/C18H30N2/c1-4-20(17-8-6-5-7-16(17)3)14-18(13-19)11-9-15(2)10-12-18/h5-8,15H,4,9-14,19H2,1-3H3. The summed E-state index contributed by atoms with van der Waals surface area (Å²) in [7, 11) is 0. The molecule has 112 valence electrons. The molecule has 0 spiro atoms. The van der Waals surface area contributed by atoms with Gasteiger partial charge in [0.2, 0.25) is 0 Å². The molecule has 0 amide bonds. The van der Waals surface area contributed by atoms with E-state index in [0.717, 1.165) is 25.6 Å². The van der Waals surface area contributed by atoms with Gasteiger partial charge in [0, 0.05) is 24.2 Å². The van der Waals surface area contributed by atoms with Gasteiger partial charge in [-0.2, -0.15) is 0 Å². The van der Waals surface area contributed by atoms with E-state index in [2.05, 4.69) is 49.9 Å². The molecule has 2 N–H and O–H groups in total. The molecule has 0 aliphatic heterocycles. The molecule has 1 fully saturated rings. The molecular formula is C18H30N2. The molecule has 1 saturated carbocycles. The number of nitrogens with two attached hydrogens (primary N) is 1. The lowest BCUT2D eigenvalue weighted by Gasteiger charge is -2.43. The van der Waals surface area contributed by atoms with Gasteiger partial charge in [-0.3, -0.25) is 0 Å². The summed E-state index contributed by atoms with van der Waals surface area (Å²) in [6, 6.07) is 8.71. The normalized spacial score (nSPS) is 26.5. The first-order chi connectivity index (χ1) is 9.60. The van der Waals surface area contributed by atoms with Gasteiger partial charge in [0.15, 0.2) is 0 Å². The van der Waals surface area contributed by atoms with E-state index in [1.54, 1.807) is 0 Å². The van der Waals surface area contributed by atoms with Crippen LogP contribution in [0, 0.1) is 18.3 Å². The van der Waals surface area contributed by atoms with Crippen LogP contribution in [-0.2, 0) is 0 Å². The SMILES string of the molecule is CCN(CC1(CN)CCC(C)CC1)c1ccccc1C. The van der Waals surface area contributed by atoms with Crippen molar-refractivity contribution in [1.29, 1.82) is 0 Å². The van der Waals surface area contributed by atoms with Crippen LogP contribution in [-0.4, -0.2) is 19.6 Å². The smallest absolute Gasteiger partial charge is 0.0396 e. The van der Waals surface area contributed by atoms with Crippen LogP contribution in [0.2, 0.25) is 0 Å². The Morgan fingerprint density at radius 3 is 2.45 bits per heavy atom. The number of benzene rings is 1. The molecule has 2 rings (SSSR count). The predicted molar refractivity (Wildman–Crippen MR) is 88.2 cm³/mol. The van der Waals surface area contributed by atoms with Crippen LogP contribution in [0.1, 0.15) is 45.1 Å². The van der Waals surface area contributed by atoms with Crippen LogP contribution in [0.25, 0.3) is 0 Å². The second-order valence-electron chi connectivity index (χ2n) is 6.69. The second kappa shape index (κ2) is 6.62. The van der Waals surface area contributed by atoms with Gasteiger partial charge in [-0.15, -0.1) is 0 Å². The minimum Gasteiger partial charge on any atom is -0.371 e. The highest BCUT2D eigenvalue weighted by atomic mass is 15.1. The molecular weight excluding hydrogens is 244 g/mol. The average molecular weight is 274 g/mol.